The molecule has 0 aliphatic carbocycles. The number of hydrogen-bond donors (Lipinski definition) is 1. The van der Waals surface area contributed by atoms with Gasteiger partial charge in [-0.3, -0.25) is 13.9 Å². The quantitative estimate of drug-likeness (QED) is 0.431. The van der Waals surface area contributed by atoms with Gasteiger partial charge in [0.25, 0.3) is 0 Å². The minimum absolute atomic E-state index is 0.0702. The highest BCUT2D eigenvalue weighted by Gasteiger charge is 2.24. The molecule has 0 fully saturated rings. The first-order valence-electron chi connectivity index (χ1n) is 10.6. The summed E-state index contributed by atoms with van der Waals surface area (Å²) in [6.07, 6.45) is 1.37. The molecule has 31 heavy (non-hydrogen) atoms. The first-order valence-corrected chi connectivity index (χ1v) is 11.4. The Hall–Kier alpha value is -2.93. The van der Waals surface area contributed by atoms with Gasteiger partial charge in [0.1, 0.15) is 0 Å². The van der Waals surface area contributed by atoms with E-state index in [9.17, 15) is 14.7 Å². The number of nitrogens with zero attached hydrogens (tertiary/aromatic N) is 3. The molecule has 2 heterocycles. The predicted molar refractivity (Wildman–Crippen MR) is 125 cm³/mol. The largest absolute Gasteiger partial charge is 0.481 e. The minimum atomic E-state index is -0.892. The molecule has 0 saturated carbocycles. The summed E-state index contributed by atoms with van der Waals surface area (Å²) in [5, 5.41) is 10.6. The predicted octanol–water partition coefficient (Wildman–Crippen LogP) is 5.20. The summed E-state index contributed by atoms with van der Waals surface area (Å²) >= 11 is 1.46. The number of para-hydroxylation sites is 1. The van der Waals surface area contributed by atoms with Crippen molar-refractivity contribution in [1.82, 2.24) is 13.5 Å². The van der Waals surface area contributed by atoms with E-state index < -0.39 is 5.97 Å². The molecule has 2 aromatic heterocycles. The Kier molecular flexibility index (Phi) is 5.71. The first-order chi connectivity index (χ1) is 14.8. The zero-order valence-corrected chi connectivity index (χ0v) is 19.1. The number of carboxylic acids is 1. The summed E-state index contributed by atoms with van der Waals surface area (Å²) in [6, 6.07) is 9.74. The van der Waals surface area contributed by atoms with E-state index >= 15 is 0 Å². The van der Waals surface area contributed by atoms with E-state index in [4.69, 9.17) is 0 Å². The zero-order valence-electron chi connectivity index (χ0n) is 18.3. The average molecular weight is 438 g/mol. The van der Waals surface area contributed by atoms with Gasteiger partial charge in [0.2, 0.25) is 0 Å². The van der Waals surface area contributed by atoms with Crippen molar-refractivity contribution in [1.29, 1.82) is 0 Å². The van der Waals surface area contributed by atoms with Crippen LogP contribution in [0.2, 0.25) is 0 Å². The minimum Gasteiger partial charge on any atom is -0.481 e. The van der Waals surface area contributed by atoms with Crippen molar-refractivity contribution in [2.75, 3.05) is 0 Å². The fourth-order valence-electron chi connectivity index (χ4n) is 4.63. The number of imidazole rings is 1. The van der Waals surface area contributed by atoms with E-state index in [0.29, 0.717) is 13.0 Å². The topological polar surface area (TPSA) is 77.1 Å². The molecule has 0 saturated heterocycles. The Morgan fingerprint density at radius 3 is 2.68 bits per heavy atom. The number of benzene rings is 2. The Labute approximate surface area is 184 Å². The molecule has 0 aliphatic heterocycles. The highest BCUT2D eigenvalue weighted by Crippen LogP contribution is 2.30. The van der Waals surface area contributed by atoms with Gasteiger partial charge in [0.15, 0.2) is 0 Å². The molecule has 1 unspecified atom stereocenters. The van der Waals surface area contributed by atoms with Crippen LogP contribution in [0.1, 0.15) is 54.6 Å². The van der Waals surface area contributed by atoms with Crippen LogP contribution in [0.25, 0.3) is 21.1 Å². The molecule has 162 valence electrons. The van der Waals surface area contributed by atoms with Gasteiger partial charge in [-0.1, -0.05) is 31.5 Å². The second-order valence-electron chi connectivity index (χ2n) is 8.31. The van der Waals surface area contributed by atoms with Crippen LogP contribution in [0.3, 0.4) is 0 Å². The maximum absolute atomic E-state index is 13.6. The lowest BCUT2D eigenvalue weighted by molar-refractivity contribution is -0.137. The van der Waals surface area contributed by atoms with Gasteiger partial charge >= 0.3 is 11.7 Å². The molecule has 0 radical (unpaired) electrons. The molecule has 4 rings (SSSR count). The number of aromatic nitrogens is 3. The van der Waals surface area contributed by atoms with Gasteiger partial charge < -0.3 is 5.11 Å². The summed E-state index contributed by atoms with van der Waals surface area (Å²) < 4.78 is 9.25. The molecule has 7 heteroatoms. The maximum Gasteiger partial charge on any atom is 0.329 e. The molecule has 0 aliphatic rings. The van der Waals surface area contributed by atoms with Crippen molar-refractivity contribution in [2.24, 2.45) is 0 Å². The average Bonchev–Trinajstić information content (AvgIpc) is 3.22. The molecule has 6 nitrogen and oxygen atoms in total. The van der Waals surface area contributed by atoms with Crippen LogP contribution in [0, 0.1) is 20.8 Å². The number of carboxylic acid groups (broad SMARTS) is 1. The van der Waals surface area contributed by atoms with E-state index in [-0.39, 0.29) is 18.2 Å². The van der Waals surface area contributed by atoms with Gasteiger partial charge in [0.05, 0.1) is 34.4 Å². The van der Waals surface area contributed by atoms with Gasteiger partial charge in [0, 0.05) is 11.4 Å². The molecule has 0 amide bonds. The first kappa shape index (κ1) is 21.3. The van der Waals surface area contributed by atoms with Crippen molar-refractivity contribution in [3.05, 3.63) is 63.2 Å². The van der Waals surface area contributed by atoms with Crippen molar-refractivity contribution in [3.63, 3.8) is 0 Å². The van der Waals surface area contributed by atoms with Gasteiger partial charge in [-0.25, -0.2) is 4.79 Å². The summed E-state index contributed by atoms with van der Waals surface area (Å²) in [5.74, 6) is -0.892. The van der Waals surface area contributed by atoms with Crippen LogP contribution in [0.4, 0.5) is 0 Å². The molecular formula is C24H27N3O3S. The fourth-order valence-corrected chi connectivity index (χ4v) is 5.60. The molecular weight excluding hydrogens is 410 g/mol. The lowest BCUT2D eigenvalue weighted by Gasteiger charge is -2.16. The fraction of sp³-hybridized carbons (Fsp3) is 0.375. The second kappa shape index (κ2) is 8.30. The molecule has 0 bridgehead atoms. The Morgan fingerprint density at radius 1 is 1.19 bits per heavy atom. The molecule has 0 spiro atoms. The normalized spacial score (nSPS) is 12.6. The number of aliphatic carboxylic acids is 1. The van der Waals surface area contributed by atoms with E-state index in [1.165, 1.54) is 17.1 Å². The van der Waals surface area contributed by atoms with Gasteiger partial charge in [-0.15, -0.1) is 0 Å². The van der Waals surface area contributed by atoms with Crippen molar-refractivity contribution >= 4 is 38.6 Å². The van der Waals surface area contributed by atoms with E-state index in [1.807, 2.05) is 32.0 Å². The van der Waals surface area contributed by atoms with Crippen LogP contribution < -0.4 is 5.69 Å². The van der Waals surface area contributed by atoms with E-state index in [2.05, 4.69) is 30.4 Å². The summed E-state index contributed by atoms with van der Waals surface area (Å²) in [7, 11) is 0. The number of aryl methyl sites for hydroxylation is 3. The third kappa shape index (κ3) is 3.78. The Morgan fingerprint density at radius 2 is 1.97 bits per heavy atom. The molecule has 4 aromatic rings. The number of carbonyl (C=O) groups is 1. The molecule has 2 aromatic carbocycles. The number of hydrogen-bond acceptors (Lipinski definition) is 4. The highest BCUT2D eigenvalue weighted by molar-refractivity contribution is 7.13. The highest BCUT2D eigenvalue weighted by atomic mass is 32.1. The van der Waals surface area contributed by atoms with E-state index in [1.54, 1.807) is 9.13 Å². The lowest BCUT2D eigenvalue weighted by atomic mass is 10.1. The maximum atomic E-state index is 13.6. The summed E-state index contributed by atoms with van der Waals surface area (Å²) in [4.78, 5) is 25.2. The molecule has 1 N–H and O–H groups in total. The standard InChI is InChI=1S/C24H27N3O3S/c1-5-7-17(12-21(28)29)27-23-15(3)8-6-9-19(23)26(24(27)30)13-18-22-16(4)10-14(2)11-20(22)31-25-18/h6,8-11,17H,5,7,12-13H2,1-4H3,(H,28,29). The van der Waals surface area contributed by atoms with Crippen molar-refractivity contribution in [2.45, 2.75) is 59.5 Å². The number of fused-ring (bicyclic) bond motifs is 2. The van der Waals surface area contributed by atoms with Gasteiger partial charge in [-0.2, -0.15) is 4.37 Å². The Bertz CT molecular complexity index is 1350. The van der Waals surface area contributed by atoms with Crippen LogP contribution in [-0.4, -0.2) is 24.6 Å². The monoisotopic (exact) mass is 437 g/mol. The van der Waals surface area contributed by atoms with Crippen LogP contribution in [0.5, 0.6) is 0 Å². The van der Waals surface area contributed by atoms with Crippen molar-refractivity contribution in [3.8, 4) is 0 Å². The summed E-state index contributed by atoms with van der Waals surface area (Å²) in [5.41, 5.74) is 5.67. The molecule has 1 atom stereocenters. The zero-order chi connectivity index (χ0) is 22.3. The number of rotatable bonds is 7. The van der Waals surface area contributed by atoms with Crippen LogP contribution in [0.15, 0.2) is 35.1 Å². The lowest BCUT2D eigenvalue weighted by Crippen LogP contribution is -2.29. The SMILES string of the molecule is CCCC(CC(=O)O)n1c(=O)n(Cc2nsc3cc(C)cc(C)c23)c2cccc(C)c21. The summed E-state index contributed by atoms with van der Waals surface area (Å²) in [6.45, 7) is 8.49. The van der Waals surface area contributed by atoms with Gasteiger partial charge in [-0.05, 0) is 67.5 Å². The van der Waals surface area contributed by atoms with Crippen molar-refractivity contribution < 1.29 is 9.90 Å². The third-order valence-electron chi connectivity index (χ3n) is 5.88. The Balaban J connectivity index is 1.92. The smallest absolute Gasteiger partial charge is 0.329 e. The van der Waals surface area contributed by atoms with Crippen LogP contribution >= 0.6 is 11.5 Å². The second-order valence-corrected chi connectivity index (χ2v) is 9.11. The third-order valence-corrected chi connectivity index (χ3v) is 6.71. The van der Waals surface area contributed by atoms with E-state index in [0.717, 1.165) is 44.4 Å². The van der Waals surface area contributed by atoms with Crippen LogP contribution in [-0.2, 0) is 11.3 Å².